The number of carbonyl (C=O) groups excluding carboxylic acids is 1. The zero-order chi connectivity index (χ0) is 22.0. The van der Waals surface area contributed by atoms with Crippen LogP contribution in [0.4, 0.5) is 5.95 Å². The number of aromatic nitrogens is 4. The molecule has 1 aromatic heterocycles. The lowest BCUT2D eigenvalue weighted by Crippen LogP contribution is -2.31. The van der Waals surface area contributed by atoms with Gasteiger partial charge in [0.2, 0.25) is 5.95 Å². The van der Waals surface area contributed by atoms with Gasteiger partial charge in [0.1, 0.15) is 18.4 Å². The number of aryl methyl sites for hydroxylation is 1. The van der Waals surface area contributed by atoms with Gasteiger partial charge in [-0.05, 0) is 55.3 Å². The van der Waals surface area contributed by atoms with Crippen LogP contribution in [0.15, 0.2) is 59.8 Å². The molecule has 0 saturated heterocycles. The van der Waals surface area contributed by atoms with E-state index >= 15 is 0 Å². The van der Waals surface area contributed by atoms with Crippen molar-refractivity contribution >= 4 is 11.9 Å². The minimum atomic E-state index is -0.578. The number of hydrogen-bond acceptors (Lipinski definition) is 7. The highest BCUT2D eigenvalue weighted by molar-refractivity contribution is 5.92. The molecule has 4 rings (SSSR count). The lowest BCUT2D eigenvalue weighted by Gasteiger charge is -2.29. The Labute approximate surface area is 180 Å². The number of para-hydroxylation sites is 1. The molecule has 1 atom stereocenters. The second kappa shape index (κ2) is 8.59. The third-order valence-electron chi connectivity index (χ3n) is 5.13. The summed E-state index contributed by atoms with van der Waals surface area (Å²) < 4.78 is 13.3. The van der Waals surface area contributed by atoms with E-state index in [-0.39, 0.29) is 6.10 Å². The van der Waals surface area contributed by atoms with Crippen LogP contribution in [-0.4, -0.2) is 32.3 Å². The summed E-state index contributed by atoms with van der Waals surface area (Å²) in [5.74, 6) is 0.693. The number of anilines is 1. The Kier molecular flexibility index (Phi) is 5.70. The van der Waals surface area contributed by atoms with Crippen molar-refractivity contribution in [1.82, 2.24) is 20.2 Å². The first-order valence-electron chi connectivity index (χ1n) is 10.2. The van der Waals surface area contributed by atoms with Gasteiger partial charge in [0.05, 0.1) is 11.7 Å². The number of tetrazole rings is 1. The number of benzene rings is 2. The van der Waals surface area contributed by atoms with Crippen LogP contribution in [0.5, 0.6) is 5.75 Å². The van der Waals surface area contributed by atoms with E-state index in [2.05, 4.69) is 33.8 Å². The van der Waals surface area contributed by atoms with Gasteiger partial charge in [-0.15, -0.1) is 0 Å². The highest BCUT2D eigenvalue weighted by atomic mass is 16.5. The molecule has 1 unspecified atom stereocenters. The molecule has 1 aliphatic rings. The summed E-state index contributed by atoms with van der Waals surface area (Å²) in [5.41, 5.74) is 4.12. The van der Waals surface area contributed by atoms with Crippen LogP contribution < -0.4 is 10.1 Å². The smallest absolute Gasteiger partial charge is 0.338 e. The molecule has 1 N–H and O–H groups in total. The van der Waals surface area contributed by atoms with Crippen LogP contribution in [0.25, 0.3) is 0 Å². The SMILES string of the molecule is CC1=C(C(=O)OC(C)C)C(c2ccccc2OCc2ccccc2C)n2nnnc2N1. The van der Waals surface area contributed by atoms with Crippen molar-refractivity contribution in [2.24, 2.45) is 0 Å². The maximum absolute atomic E-state index is 13.0. The first-order valence-corrected chi connectivity index (χ1v) is 10.2. The number of carbonyl (C=O) groups is 1. The summed E-state index contributed by atoms with van der Waals surface area (Å²) >= 11 is 0. The van der Waals surface area contributed by atoms with Crippen molar-refractivity contribution in [1.29, 1.82) is 0 Å². The molecule has 8 heteroatoms. The number of ether oxygens (including phenoxy) is 2. The van der Waals surface area contributed by atoms with E-state index in [0.717, 1.165) is 16.7 Å². The molecule has 2 heterocycles. The predicted molar refractivity (Wildman–Crippen MR) is 115 cm³/mol. The van der Waals surface area contributed by atoms with E-state index in [1.54, 1.807) is 4.68 Å². The van der Waals surface area contributed by atoms with Crippen molar-refractivity contribution in [3.8, 4) is 5.75 Å². The fourth-order valence-corrected chi connectivity index (χ4v) is 3.61. The van der Waals surface area contributed by atoms with Crippen LogP contribution in [-0.2, 0) is 16.1 Å². The lowest BCUT2D eigenvalue weighted by atomic mass is 9.95. The van der Waals surface area contributed by atoms with Crippen LogP contribution in [0.3, 0.4) is 0 Å². The summed E-state index contributed by atoms with van der Waals surface area (Å²) in [5, 5.41) is 15.0. The van der Waals surface area contributed by atoms with E-state index in [1.807, 2.05) is 63.2 Å². The van der Waals surface area contributed by atoms with Gasteiger partial charge >= 0.3 is 5.97 Å². The summed E-state index contributed by atoms with van der Waals surface area (Å²) in [7, 11) is 0. The number of fused-ring (bicyclic) bond motifs is 1. The van der Waals surface area contributed by atoms with Crippen molar-refractivity contribution < 1.29 is 14.3 Å². The summed E-state index contributed by atoms with van der Waals surface area (Å²) in [6, 6.07) is 15.1. The highest BCUT2D eigenvalue weighted by Crippen LogP contribution is 2.39. The summed E-state index contributed by atoms with van der Waals surface area (Å²) in [4.78, 5) is 13.0. The van der Waals surface area contributed by atoms with E-state index in [4.69, 9.17) is 9.47 Å². The van der Waals surface area contributed by atoms with Gasteiger partial charge < -0.3 is 14.8 Å². The van der Waals surface area contributed by atoms with Crippen LogP contribution in [0.2, 0.25) is 0 Å². The fourth-order valence-electron chi connectivity index (χ4n) is 3.61. The maximum atomic E-state index is 13.0. The Bertz CT molecular complexity index is 1140. The first kappa shape index (κ1) is 20.6. The van der Waals surface area contributed by atoms with Gasteiger partial charge in [-0.1, -0.05) is 47.6 Å². The van der Waals surface area contributed by atoms with Crippen LogP contribution in [0.1, 0.15) is 43.5 Å². The topological polar surface area (TPSA) is 91.2 Å². The Balaban J connectivity index is 1.75. The van der Waals surface area contributed by atoms with Crippen molar-refractivity contribution in [3.63, 3.8) is 0 Å². The molecule has 8 nitrogen and oxygen atoms in total. The van der Waals surface area contributed by atoms with Gasteiger partial charge in [-0.25, -0.2) is 4.79 Å². The van der Waals surface area contributed by atoms with Crippen LogP contribution >= 0.6 is 0 Å². The largest absolute Gasteiger partial charge is 0.489 e. The van der Waals surface area contributed by atoms with Crippen molar-refractivity contribution in [2.45, 2.75) is 46.4 Å². The number of allylic oxidation sites excluding steroid dienone is 1. The van der Waals surface area contributed by atoms with Crippen molar-refractivity contribution in [3.05, 3.63) is 76.5 Å². The van der Waals surface area contributed by atoms with E-state index in [0.29, 0.717) is 29.6 Å². The number of rotatable bonds is 6. The Morgan fingerprint density at radius 3 is 2.65 bits per heavy atom. The minimum Gasteiger partial charge on any atom is -0.489 e. The molecule has 0 fully saturated rings. The molecule has 0 spiro atoms. The molecule has 0 amide bonds. The first-order chi connectivity index (χ1) is 15.0. The maximum Gasteiger partial charge on any atom is 0.338 e. The Morgan fingerprint density at radius 2 is 1.87 bits per heavy atom. The van der Waals surface area contributed by atoms with Gasteiger partial charge in [0.15, 0.2) is 0 Å². The fraction of sp³-hybridized carbons (Fsp3) is 0.304. The van der Waals surface area contributed by atoms with E-state index < -0.39 is 12.0 Å². The molecule has 0 radical (unpaired) electrons. The van der Waals surface area contributed by atoms with E-state index in [9.17, 15) is 4.79 Å². The summed E-state index contributed by atoms with van der Waals surface area (Å²) in [6.45, 7) is 7.92. The average Bonchev–Trinajstić information content (AvgIpc) is 3.20. The van der Waals surface area contributed by atoms with Gasteiger partial charge in [0.25, 0.3) is 0 Å². The third-order valence-corrected chi connectivity index (χ3v) is 5.13. The quantitative estimate of drug-likeness (QED) is 0.608. The second-order valence-electron chi connectivity index (χ2n) is 7.72. The normalized spacial score (nSPS) is 15.5. The Hall–Kier alpha value is -3.68. The molecule has 31 heavy (non-hydrogen) atoms. The monoisotopic (exact) mass is 419 g/mol. The number of hydrogen-bond donors (Lipinski definition) is 1. The summed E-state index contributed by atoms with van der Waals surface area (Å²) in [6.07, 6.45) is -0.253. The second-order valence-corrected chi connectivity index (χ2v) is 7.72. The Morgan fingerprint density at radius 1 is 1.13 bits per heavy atom. The number of esters is 1. The molecule has 0 aliphatic carbocycles. The minimum absolute atomic E-state index is 0.253. The third kappa shape index (κ3) is 4.14. The highest BCUT2D eigenvalue weighted by Gasteiger charge is 2.36. The molecule has 0 bridgehead atoms. The molecular formula is C23H25N5O3. The van der Waals surface area contributed by atoms with Gasteiger partial charge in [-0.2, -0.15) is 4.68 Å². The number of nitrogens with one attached hydrogen (secondary N) is 1. The van der Waals surface area contributed by atoms with Crippen LogP contribution in [0, 0.1) is 6.92 Å². The number of nitrogens with zero attached hydrogens (tertiary/aromatic N) is 4. The van der Waals surface area contributed by atoms with Gasteiger partial charge in [0, 0.05) is 11.3 Å². The zero-order valence-electron chi connectivity index (χ0n) is 18.0. The molecule has 1 aliphatic heterocycles. The zero-order valence-corrected chi connectivity index (χ0v) is 18.0. The lowest BCUT2D eigenvalue weighted by molar-refractivity contribution is -0.143. The standard InChI is InChI=1S/C23H25N5O3/c1-14(2)31-22(29)20-16(4)24-23-25-26-27-28(23)21(20)18-11-7-8-12-19(18)30-13-17-10-6-5-9-15(17)3/h5-12,14,21H,13H2,1-4H3,(H,24,25,27). The molecule has 160 valence electrons. The average molecular weight is 419 g/mol. The van der Waals surface area contributed by atoms with Gasteiger partial charge in [-0.3, -0.25) is 0 Å². The van der Waals surface area contributed by atoms with Crippen molar-refractivity contribution in [2.75, 3.05) is 5.32 Å². The van der Waals surface area contributed by atoms with E-state index in [1.165, 1.54) is 0 Å². The predicted octanol–water partition coefficient (Wildman–Crippen LogP) is 3.80. The molecule has 2 aromatic carbocycles. The molecule has 3 aromatic rings. The molecule has 0 saturated carbocycles. The molecular weight excluding hydrogens is 394 g/mol.